The van der Waals surface area contributed by atoms with Gasteiger partial charge in [0.15, 0.2) is 0 Å². The molecule has 0 saturated heterocycles. The number of rotatable bonds is 2. The molecule has 3 rings (SSSR count). The lowest BCUT2D eigenvalue weighted by molar-refractivity contribution is -0.149. The fourth-order valence-corrected chi connectivity index (χ4v) is 3.78. The van der Waals surface area contributed by atoms with E-state index in [4.69, 9.17) is 4.74 Å². The van der Waals surface area contributed by atoms with Gasteiger partial charge in [0.1, 0.15) is 6.10 Å². The number of hydrogen-bond donors (Lipinski definition) is 0. The molecule has 90 valence electrons. The fraction of sp³-hybridized carbons (Fsp3) is 0.533. The topological polar surface area (TPSA) is 26.3 Å². The molecule has 0 radical (unpaired) electrons. The second-order valence-electron chi connectivity index (χ2n) is 5.46. The Kier molecular flexibility index (Phi) is 2.46. The van der Waals surface area contributed by atoms with Gasteiger partial charge in [-0.15, -0.1) is 0 Å². The van der Waals surface area contributed by atoms with E-state index in [0.29, 0.717) is 0 Å². The zero-order chi connectivity index (χ0) is 11.9. The first-order chi connectivity index (χ1) is 8.21. The van der Waals surface area contributed by atoms with Gasteiger partial charge in [-0.2, -0.15) is 0 Å². The zero-order valence-electron chi connectivity index (χ0n) is 10.2. The van der Waals surface area contributed by atoms with Crippen molar-refractivity contribution in [3.05, 3.63) is 35.9 Å². The van der Waals surface area contributed by atoms with Crippen LogP contribution in [-0.2, 0) is 14.9 Å². The summed E-state index contributed by atoms with van der Waals surface area (Å²) in [6.45, 7) is 1.52. The number of ether oxygens (including phenoxy) is 1. The molecule has 0 heterocycles. The number of fused-ring (bicyclic) bond motifs is 2. The Morgan fingerprint density at radius 2 is 2.12 bits per heavy atom. The van der Waals surface area contributed by atoms with Crippen molar-refractivity contribution in [2.45, 2.75) is 44.1 Å². The van der Waals surface area contributed by atoms with Crippen molar-refractivity contribution in [3.8, 4) is 0 Å². The van der Waals surface area contributed by atoms with E-state index in [0.717, 1.165) is 12.3 Å². The second kappa shape index (κ2) is 3.86. The molecule has 1 aromatic carbocycles. The molecule has 0 unspecified atom stereocenters. The molecule has 0 spiro atoms. The van der Waals surface area contributed by atoms with Crippen LogP contribution in [0.15, 0.2) is 30.3 Å². The highest BCUT2D eigenvalue weighted by Crippen LogP contribution is 2.56. The van der Waals surface area contributed by atoms with Gasteiger partial charge in [-0.05, 0) is 37.2 Å². The van der Waals surface area contributed by atoms with Crippen molar-refractivity contribution in [1.82, 2.24) is 0 Å². The first-order valence-electron chi connectivity index (χ1n) is 6.43. The molecule has 1 aromatic rings. The molecule has 2 aliphatic rings. The SMILES string of the molecule is CC(=O)O[C@@H]1C[C@H]2CC[C@]1(c1ccccc1)C2. The van der Waals surface area contributed by atoms with Crippen molar-refractivity contribution in [2.75, 3.05) is 0 Å². The molecule has 3 atom stereocenters. The Bertz CT molecular complexity index is 426. The Morgan fingerprint density at radius 1 is 1.35 bits per heavy atom. The molecular weight excluding hydrogens is 212 g/mol. The van der Waals surface area contributed by atoms with E-state index in [1.807, 2.05) is 6.07 Å². The van der Waals surface area contributed by atoms with Gasteiger partial charge >= 0.3 is 5.97 Å². The van der Waals surface area contributed by atoms with Crippen molar-refractivity contribution in [1.29, 1.82) is 0 Å². The van der Waals surface area contributed by atoms with Crippen LogP contribution in [0.25, 0.3) is 0 Å². The summed E-state index contributed by atoms with van der Waals surface area (Å²) in [6, 6.07) is 10.6. The molecule has 2 nitrogen and oxygen atoms in total. The summed E-state index contributed by atoms with van der Waals surface area (Å²) < 4.78 is 5.56. The van der Waals surface area contributed by atoms with E-state index in [2.05, 4.69) is 24.3 Å². The van der Waals surface area contributed by atoms with Crippen molar-refractivity contribution < 1.29 is 9.53 Å². The minimum Gasteiger partial charge on any atom is -0.462 e. The molecule has 2 bridgehead atoms. The maximum absolute atomic E-state index is 11.2. The molecule has 2 saturated carbocycles. The van der Waals surface area contributed by atoms with Crippen LogP contribution < -0.4 is 0 Å². The van der Waals surface area contributed by atoms with Crippen LogP contribution in [0.2, 0.25) is 0 Å². The Balaban J connectivity index is 1.95. The molecule has 2 heteroatoms. The quantitative estimate of drug-likeness (QED) is 0.730. The number of hydrogen-bond acceptors (Lipinski definition) is 2. The van der Waals surface area contributed by atoms with Crippen LogP contribution in [0.1, 0.15) is 38.2 Å². The summed E-state index contributed by atoms with van der Waals surface area (Å²) in [5.41, 5.74) is 1.46. The van der Waals surface area contributed by atoms with Crippen LogP contribution in [0.5, 0.6) is 0 Å². The Morgan fingerprint density at radius 3 is 2.76 bits per heavy atom. The molecule has 0 aromatic heterocycles. The highest BCUT2D eigenvalue weighted by molar-refractivity contribution is 5.66. The molecule has 0 amide bonds. The Labute approximate surface area is 102 Å². The van der Waals surface area contributed by atoms with Gasteiger partial charge in [0, 0.05) is 12.3 Å². The number of carbonyl (C=O) groups excluding carboxylic acids is 1. The number of carbonyl (C=O) groups is 1. The zero-order valence-corrected chi connectivity index (χ0v) is 10.2. The first-order valence-corrected chi connectivity index (χ1v) is 6.43. The molecule has 2 fully saturated rings. The maximum atomic E-state index is 11.2. The average molecular weight is 230 g/mol. The minimum absolute atomic E-state index is 0.0983. The highest BCUT2D eigenvalue weighted by atomic mass is 16.5. The van der Waals surface area contributed by atoms with E-state index in [9.17, 15) is 4.79 Å². The van der Waals surface area contributed by atoms with Gasteiger partial charge in [0.2, 0.25) is 0 Å². The monoisotopic (exact) mass is 230 g/mol. The average Bonchev–Trinajstić information content (AvgIpc) is 2.88. The lowest BCUT2D eigenvalue weighted by Crippen LogP contribution is -2.37. The summed E-state index contributed by atoms with van der Waals surface area (Å²) in [5, 5.41) is 0. The van der Waals surface area contributed by atoms with E-state index < -0.39 is 0 Å². The van der Waals surface area contributed by atoms with Gasteiger partial charge in [0.25, 0.3) is 0 Å². The summed E-state index contributed by atoms with van der Waals surface area (Å²) >= 11 is 0. The number of benzene rings is 1. The highest BCUT2D eigenvalue weighted by Gasteiger charge is 2.54. The van der Waals surface area contributed by atoms with Gasteiger partial charge in [-0.3, -0.25) is 4.79 Å². The van der Waals surface area contributed by atoms with E-state index in [1.54, 1.807) is 0 Å². The van der Waals surface area contributed by atoms with Crippen molar-refractivity contribution >= 4 is 5.97 Å². The molecule has 0 aliphatic heterocycles. The smallest absolute Gasteiger partial charge is 0.302 e. The fourth-order valence-electron chi connectivity index (χ4n) is 3.78. The normalized spacial score (nSPS) is 34.9. The summed E-state index contributed by atoms with van der Waals surface area (Å²) in [5.74, 6) is 0.609. The van der Waals surface area contributed by atoms with Crippen molar-refractivity contribution in [3.63, 3.8) is 0 Å². The third-order valence-corrected chi connectivity index (χ3v) is 4.47. The predicted octanol–water partition coefficient (Wildman–Crippen LogP) is 3.06. The van der Waals surface area contributed by atoms with Gasteiger partial charge in [-0.1, -0.05) is 30.3 Å². The van der Waals surface area contributed by atoms with E-state index >= 15 is 0 Å². The van der Waals surface area contributed by atoms with E-state index in [1.165, 1.54) is 31.7 Å². The number of esters is 1. The standard InChI is InChI=1S/C15H18O2/c1-11(16)17-14-9-12-7-8-15(14,10-12)13-5-3-2-4-6-13/h2-6,12,14H,7-10H2,1H3/t12-,14-,15-/m1/s1. The van der Waals surface area contributed by atoms with Gasteiger partial charge in [0.05, 0.1) is 0 Å². The molecular formula is C15H18O2. The summed E-state index contributed by atoms with van der Waals surface area (Å²) in [6.07, 6.45) is 4.79. The van der Waals surface area contributed by atoms with Crippen LogP contribution in [0, 0.1) is 5.92 Å². The summed E-state index contributed by atoms with van der Waals surface area (Å²) in [7, 11) is 0. The maximum Gasteiger partial charge on any atom is 0.302 e. The van der Waals surface area contributed by atoms with Gasteiger partial charge < -0.3 is 4.74 Å². The third-order valence-electron chi connectivity index (χ3n) is 4.47. The molecule has 17 heavy (non-hydrogen) atoms. The summed E-state index contributed by atoms with van der Waals surface area (Å²) in [4.78, 5) is 11.2. The van der Waals surface area contributed by atoms with Crippen molar-refractivity contribution in [2.24, 2.45) is 5.92 Å². The first kappa shape index (κ1) is 10.8. The van der Waals surface area contributed by atoms with Crippen LogP contribution >= 0.6 is 0 Å². The predicted molar refractivity (Wildman–Crippen MR) is 65.6 cm³/mol. The lowest BCUT2D eigenvalue weighted by Gasteiger charge is -2.34. The Hall–Kier alpha value is -1.31. The third kappa shape index (κ3) is 1.67. The van der Waals surface area contributed by atoms with Crippen LogP contribution in [0.3, 0.4) is 0 Å². The minimum atomic E-state index is -0.141. The van der Waals surface area contributed by atoms with E-state index in [-0.39, 0.29) is 17.5 Å². The molecule has 2 aliphatic carbocycles. The van der Waals surface area contributed by atoms with Gasteiger partial charge in [-0.25, -0.2) is 0 Å². The second-order valence-corrected chi connectivity index (χ2v) is 5.46. The van der Waals surface area contributed by atoms with Crippen LogP contribution in [0.4, 0.5) is 0 Å². The lowest BCUT2D eigenvalue weighted by atomic mass is 9.75. The molecule has 0 N–H and O–H groups in total. The largest absolute Gasteiger partial charge is 0.462 e. The van der Waals surface area contributed by atoms with Crippen LogP contribution in [-0.4, -0.2) is 12.1 Å².